The zero-order valence-corrected chi connectivity index (χ0v) is 9.71. The van der Waals surface area contributed by atoms with Crippen molar-refractivity contribution in [1.29, 1.82) is 0 Å². The van der Waals surface area contributed by atoms with Crippen molar-refractivity contribution in [3.8, 4) is 0 Å². The Kier molecular flexibility index (Phi) is 2.15. The van der Waals surface area contributed by atoms with Crippen molar-refractivity contribution in [2.75, 3.05) is 0 Å². The van der Waals surface area contributed by atoms with Crippen LogP contribution in [0, 0.1) is 35.5 Å². The molecule has 6 unspecified atom stereocenters. The molecule has 0 nitrogen and oxygen atoms in total. The Morgan fingerprint density at radius 2 is 1.71 bits per heavy atom. The summed E-state index contributed by atoms with van der Waals surface area (Å²) in [5.74, 6) is 6.82. The lowest BCUT2D eigenvalue weighted by atomic mass is 9.75. The van der Waals surface area contributed by atoms with Crippen LogP contribution in [0.25, 0.3) is 0 Å². The Morgan fingerprint density at radius 3 is 2.43 bits per heavy atom. The van der Waals surface area contributed by atoms with Gasteiger partial charge in [0.15, 0.2) is 0 Å². The van der Waals surface area contributed by atoms with E-state index in [2.05, 4.69) is 13.8 Å². The molecule has 0 aromatic rings. The maximum atomic E-state index is 2.54. The molecule has 80 valence electrons. The average molecular weight is 192 g/mol. The lowest BCUT2D eigenvalue weighted by Crippen LogP contribution is -2.23. The van der Waals surface area contributed by atoms with E-state index in [0.29, 0.717) is 0 Å². The van der Waals surface area contributed by atoms with E-state index in [0.717, 1.165) is 29.6 Å². The fourth-order valence-corrected chi connectivity index (χ4v) is 5.40. The minimum Gasteiger partial charge on any atom is -0.0654 e. The smallest absolute Gasteiger partial charge is 0.0324 e. The second-order valence-electron chi connectivity index (χ2n) is 6.25. The number of rotatable bonds is 2. The van der Waals surface area contributed by atoms with Crippen LogP contribution in [-0.2, 0) is 0 Å². The number of hydrogen-bond donors (Lipinski definition) is 0. The van der Waals surface area contributed by atoms with Gasteiger partial charge in [0.1, 0.15) is 0 Å². The summed E-state index contributed by atoms with van der Waals surface area (Å²) < 4.78 is 0. The summed E-state index contributed by atoms with van der Waals surface area (Å²) in [7, 11) is 0. The summed E-state index contributed by atoms with van der Waals surface area (Å²) in [4.78, 5) is 0. The van der Waals surface area contributed by atoms with Crippen LogP contribution in [0.1, 0.15) is 52.4 Å². The molecule has 2 bridgehead atoms. The summed E-state index contributed by atoms with van der Waals surface area (Å²) in [5.41, 5.74) is 0. The first-order valence-electron chi connectivity index (χ1n) is 6.81. The minimum absolute atomic E-state index is 1.06. The fraction of sp³-hybridized carbons (Fsp3) is 1.00. The van der Waals surface area contributed by atoms with Crippen molar-refractivity contribution < 1.29 is 0 Å². The normalized spacial score (nSPS) is 55.3. The fourth-order valence-electron chi connectivity index (χ4n) is 5.40. The second kappa shape index (κ2) is 3.25. The van der Waals surface area contributed by atoms with Crippen LogP contribution in [0.2, 0.25) is 0 Å². The lowest BCUT2D eigenvalue weighted by molar-refractivity contribution is 0.188. The van der Waals surface area contributed by atoms with Crippen molar-refractivity contribution >= 4 is 0 Å². The number of fused-ring (bicyclic) bond motifs is 5. The predicted molar refractivity (Wildman–Crippen MR) is 60.0 cm³/mol. The van der Waals surface area contributed by atoms with E-state index in [1.54, 1.807) is 25.7 Å². The molecule has 6 atom stereocenters. The molecular weight excluding hydrogens is 168 g/mol. The van der Waals surface area contributed by atoms with Gasteiger partial charge in [-0.1, -0.05) is 26.7 Å². The van der Waals surface area contributed by atoms with Crippen LogP contribution in [0.3, 0.4) is 0 Å². The first-order chi connectivity index (χ1) is 6.81. The van der Waals surface area contributed by atoms with E-state index in [9.17, 15) is 0 Å². The standard InChI is InChI=1S/C14H24/c1-3-4-10-7-9(2)13-11-5-6-12(8-11)14(10)13/h9-14H,3-8H2,1-2H3. The van der Waals surface area contributed by atoms with Gasteiger partial charge in [0.25, 0.3) is 0 Å². The minimum atomic E-state index is 1.06. The molecule has 0 aromatic carbocycles. The van der Waals surface area contributed by atoms with Gasteiger partial charge in [-0.15, -0.1) is 0 Å². The first kappa shape index (κ1) is 9.24. The topological polar surface area (TPSA) is 0 Å². The van der Waals surface area contributed by atoms with Gasteiger partial charge in [0.2, 0.25) is 0 Å². The van der Waals surface area contributed by atoms with Crippen LogP contribution < -0.4 is 0 Å². The van der Waals surface area contributed by atoms with E-state index >= 15 is 0 Å². The van der Waals surface area contributed by atoms with Crippen molar-refractivity contribution in [3.63, 3.8) is 0 Å². The maximum Gasteiger partial charge on any atom is -0.0324 e. The molecule has 0 aromatic heterocycles. The predicted octanol–water partition coefficient (Wildman–Crippen LogP) is 4.10. The van der Waals surface area contributed by atoms with Gasteiger partial charge in [-0.2, -0.15) is 0 Å². The molecule has 0 heteroatoms. The van der Waals surface area contributed by atoms with Crippen LogP contribution in [0.15, 0.2) is 0 Å². The molecule has 3 rings (SSSR count). The van der Waals surface area contributed by atoms with Gasteiger partial charge in [0, 0.05) is 0 Å². The van der Waals surface area contributed by atoms with E-state index in [1.807, 2.05) is 0 Å². The Labute approximate surface area is 88.5 Å². The largest absolute Gasteiger partial charge is 0.0654 e. The average Bonchev–Trinajstić information content (AvgIpc) is 2.80. The highest BCUT2D eigenvalue weighted by Crippen LogP contribution is 2.63. The van der Waals surface area contributed by atoms with Crippen LogP contribution in [0.5, 0.6) is 0 Å². The van der Waals surface area contributed by atoms with Gasteiger partial charge in [-0.25, -0.2) is 0 Å². The van der Waals surface area contributed by atoms with Crippen molar-refractivity contribution in [2.24, 2.45) is 35.5 Å². The monoisotopic (exact) mass is 192 g/mol. The third-order valence-electron chi connectivity index (χ3n) is 5.58. The molecule has 0 saturated heterocycles. The third kappa shape index (κ3) is 1.12. The first-order valence-corrected chi connectivity index (χ1v) is 6.81. The zero-order valence-electron chi connectivity index (χ0n) is 9.71. The summed E-state index contributed by atoms with van der Waals surface area (Å²) in [5, 5.41) is 0. The zero-order chi connectivity index (χ0) is 9.71. The molecule has 0 heterocycles. The van der Waals surface area contributed by atoms with Gasteiger partial charge < -0.3 is 0 Å². The number of hydrogen-bond acceptors (Lipinski definition) is 0. The Balaban J connectivity index is 1.81. The van der Waals surface area contributed by atoms with Gasteiger partial charge in [-0.05, 0) is 61.2 Å². The molecule has 0 radical (unpaired) electrons. The Hall–Kier alpha value is 0. The molecule has 3 aliphatic rings. The molecule has 0 N–H and O–H groups in total. The molecular formula is C14H24. The summed E-state index contributed by atoms with van der Waals surface area (Å²) >= 11 is 0. The van der Waals surface area contributed by atoms with Gasteiger partial charge in [-0.3, -0.25) is 0 Å². The Bertz CT molecular complexity index is 220. The van der Waals surface area contributed by atoms with Crippen molar-refractivity contribution in [1.82, 2.24) is 0 Å². The molecule has 3 aliphatic carbocycles. The summed E-state index contributed by atoms with van der Waals surface area (Å²) in [6, 6.07) is 0. The highest BCUT2D eigenvalue weighted by Gasteiger charge is 2.55. The molecule has 0 amide bonds. The summed E-state index contributed by atoms with van der Waals surface area (Å²) in [6.45, 7) is 4.90. The highest BCUT2D eigenvalue weighted by atomic mass is 14.6. The van der Waals surface area contributed by atoms with Crippen molar-refractivity contribution in [2.45, 2.75) is 52.4 Å². The van der Waals surface area contributed by atoms with Gasteiger partial charge in [0.05, 0.1) is 0 Å². The second-order valence-corrected chi connectivity index (χ2v) is 6.25. The highest BCUT2D eigenvalue weighted by molar-refractivity contribution is 5.04. The van der Waals surface area contributed by atoms with E-state index < -0.39 is 0 Å². The van der Waals surface area contributed by atoms with E-state index in [1.165, 1.54) is 18.8 Å². The van der Waals surface area contributed by atoms with Crippen LogP contribution in [-0.4, -0.2) is 0 Å². The molecule has 14 heavy (non-hydrogen) atoms. The van der Waals surface area contributed by atoms with E-state index in [4.69, 9.17) is 0 Å². The summed E-state index contributed by atoms with van der Waals surface area (Å²) in [6.07, 6.45) is 9.27. The molecule has 0 spiro atoms. The molecule has 3 fully saturated rings. The van der Waals surface area contributed by atoms with Crippen molar-refractivity contribution in [3.05, 3.63) is 0 Å². The SMILES string of the molecule is CCCC1CC(C)C2C3CCC(C3)C12. The quantitative estimate of drug-likeness (QED) is 0.618. The van der Waals surface area contributed by atoms with Crippen LogP contribution >= 0.6 is 0 Å². The van der Waals surface area contributed by atoms with Crippen LogP contribution in [0.4, 0.5) is 0 Å². The molecule has 3 saturated carbocycles. The van der Waals surface area contributed by atoms with E-state index in [-0.39, 0.29) is 0 Å². The lowest BCUT2D eigenvalue weighted by Gasteiger charge is -2.30. The third-order valence-corrected chi connectivity index (χ3v) is 5.58. The van der Waals surface area contributed by atoms with Gasteiger partial charge >= 0.3 is 0 Å². The maximum absolute atomic E-state index is 2.54. The Morgan fingerprint density at radius 1 is 1.00 bits per heavy atom. The molecule has 0 aliphatic heterocycles.